The number of thioether (sulfide) groups is 1. The van der Waals surface area contributed by atoms with Crippen molar-refractivity contribution in [2.45, 2.75) is 42.8 Å². The number of benzene rings is 3. The Bertz CT molecular complexity index is 1410. The first-order chi connectivity index (χ1) is 18.6. The van der Waals surface area contributed by atoms with Crippen LogP contribution in [0.15, 0.2) is 96.2 Å². The molecule has 2 unspecified atom stereocenters. The fraction of sp³-hybridized carbons (Fsp3) is 0.214. The van der Waals surface area contributed by atoms with Crippen LogP contribution in [-0.2, 0) is 20.9 Å². The average molecular weight is 527 g/mol. The Balaban J connectivity index is 1.44. The van der Waals surface area contributed by atoms with Gasteiger partial charge in [-0.05, 0) is 46.7 Å². The maximum absolute atomic E-state index is 14.1. The molecule has 5 rings (SSSR count). The number of para-hydroxylation sites is 2. The Morgan fingerprint density at radius 1 is 0.947 bits per heavy atom. The second-order valence-corrected chi connectivity index (χ2v) is 9.97. The molecule has 4 aromatic rings. The molecule has 1 saturated heterocycles. The number of amides is 3. The van der Waals surface area contributed by atoms with E-state index in [2.05, 4.69) is 15.5 Å². The van der Waals surface area contributed by atoms with E-state index in [1.807, 2.05) is 73.7 Å². The van der Waals surface area contributed by atoms with Gasteiger partial charge in [0.25, 0.3) is 5.91 Å². The summed E-state index contributed by atoms with van der Waals surface area (Å²) in [7, 11) is 0. The lowest BCUT2D eigenvalue weighted by Gasteiger charge is -2.30. The van der Waals surface area contributed by atoms with Gasteiger partial charge < -0.3 is 4.90 Å². The van der Waals surface area contributed by atoms with E-state index in [0.717, 1.165) is 11.3 Å². The molecule has 0 saturated carbocycles. The third-order valence-electron chi connectivity index (χ3n) is 6.33. The van der Waals surface area contributed by atoms with E-state index in [0.29, 0.717) is 17.3 Å². The Hall–Kier alpha value is -4.31. The van der Waals surface area contributed by atoms with Gasteiger partial charge in [-0.25, -0.2) is 4.90 Å². The molecular formula is C28H26N6O3S. The first kappa shape index (κ1) is 25.3. The van der Waals surface area contributed by atoms with E-state index < -0.39 is 17.2 Å². The second-order valence-electron chi connectivity index (χ2n) is 8.80. The van der Waals surface area contributed by atoms with Crippen LogP contribution in [0, 0.1) is 0 Å². The van der Waals surface area contributed by atoms with E-state index in [9.17, 15) is 14.4 Å². The van der Waals surface area contributed by atoms with Crippen molar-refractivity contribution >= 4 is 35.2 Å². The Morgan fingerprint density at radius 3 is 2.18 bits per heavy atom. The fourth-order valence-corrected chi connectivity index (χ4v) is 5.42. The van der Waals surface area contributed by atoms with Crippen molar-refractivity contribution in [2.24, 2.45) is 0 Å². The molecule has 192 valence electrons. The van der Waals surface area contributed by atoms with Gasteiger partial charge in [0.05, 0.1) is 23.0 Å². The number of imide groups is 1. The molecule has 3 amide bonds. The van der Waals surface area contributed by atoms with Gasteiger partial charge in [0, 0.05) is 6.54 Å². The predicted octanol–water partition coefficient (Wildman–Crippen LogP) is 3.89. The van der Waals surface area contributed by atoms with Gasteiger partial charge >= 0.3 is 0 Å². The largest absolute Gasteiger partial charge is 0.325 e. The van der Waals surface area contributed by atoms with Crippen LogP contribution in [0.3, 0.4) is 0 Å². The Kier molecular flexibility index (Phi) is 7.60. The van der Waals surface area contributed by atoms with Crippen LogP contribution in [0.4, 0.5) is 5.69 Å². The summed E-state index contributed by atoms with van der Waals surface area (Å²) >= 11 is 1.25. The Morgan fingerprint density at radius 2 is 1.55 bits per heavy atom. The quantitative estimate of drug-likeness (QED) is 0.241. The summed E-state index contributed by atoms with van der Waals surface area (Å²) in [5, 5.41) is 12.0. The standard InChI is InChI=1S/C28H26N6O3S/c1-2-24(38-28-29-30-31-34(28)22-16-10-5-11-17-22)27(37)32(19-20-12-6-3-7-13-20)23-18-25(35)33(26(23)36)21-14-8-4-9-15-21/h3-17,23-24H,2,18-19H2,1H3. The van der Waals surface area contributed by atoms with Crippen LogP contribution in [0.2, 0.25) is 0 Å². The van der Waals surface area contributed by atoms with Crippen LogP contribution in [0.25, 0.3) is 5.69 Å². The van der Waals surface area contributed by atoms with Crippen molar-refractivity contribution in [3.63, 3.8) is 0 Å². The predicted molar refractivity (Wildman–Crippen MR) is 143 cm³/mol. The number of anilines is 1. The van der Waals surface area contributed by atoms with Gasteiger partial charge in [-0.15, -0.1) is 5.10 Å². The number of hydrogen-bond acceptors (Lipinski definition) is 7. The molecule has 9 nitrogen and oxygen atoms in total. The zero-order chi connectivity index (χ0) is 26.5. The molecule has 0 bridgehead atoms. The van der Waals surface area contributed by atoms with Crippen molar-refractivity contribution in [3.8, 4) is 5.69 Å². The summed E-state index contributed by atoms with van der Waals surface area (Å²) in [5.41, 5.74) is 2.15. The third kappa shape index (κ3) is 5.21. The highest BCUT2D eigenvalue weighted by atomic mass is 32.2. The minimum absolute atomic E-state index is 0.0743. The van der Waals surface area contributed by atoms with Crippen molar-refractivity contribution in [3.05, 3.63) is 96.6 Å². The molecule has 1 aromatic heterocycles. The molecule has 10 heteroatoms. The van der Waals surface area contributed by atoms with Gasteiger partial charge in [0.15, 0.2) is 0 Å². The molecule has 0 aliphatic carbocycles. The molecule has 2 atom stereocenters. The molecule has 1 aliphatic rings. The van der Waals surface area contributed by atoms with Crippen molar-refractivity contribution in [1.29, 1.82) is 0 Å². The normalized spacial score (nSPS) is 16.0. The first-order valence-corrected chi connectivity index (χ1v) is 13.2. The number of rotatable bonds is 9. The average Bonchev–Trinajstić information content (AvgIpc) is 3.54. The number of carbonyl (C=O) groups is 3. The molecule has 1 fully saturated rings. The summed E-state index contributed by atoms with van der Waals surface area (Å²) in [6.45, 7) is 2.11. The minimum Gasteiger partial charge on any atom is -0.325 e. The van der Waals surface area contributed by atoms with Crippen LogP contribution >= 0.6 is 11.8 Å². The topological polar surface area (TPSA) is 101 Å². The maximum Gasteiger partial charge on any atom is 0.257 e. The molecule has 1 aliphatic heterocycles. The number of carbonyl (C=O) groups excluding carboxylic acids is 3. The number of tetrazole rings is 1. The molecule has 38 heavy (non-hydrogen) atoms. The van der Waals surface area contributed by atoms with E-state index in [4.69, 9.17) is 0 Å². The summed E-state index contributed by atoms with van der Waals surface area (Å²) in [4.78, 5) is 43.4. The zero-order valence-electron chi connectivity index (χ0n) is 20.8. The Labute approximate surface area is 224 Å². The lowest BCUT2D eigenvalue weighted by Crippen LogP contribution is -2.48. The van der Waals surface area contributed by atoms with Crippen LogP contribution in [0.5, 0.6) is 0 Å². The van der Waals surface area contributed by atoms with E-state index >= 15 is 0 Å². The first-order valence-electron chi connectivity index (χ1n) is 12.3. The van der Waals surface area contributed by atoms with Crippen molar-refractivity contribution in [1.82, 2.24) is 25.1 Å². The zero-order valence-corrected chi connectivity index (χ0v) is 21.6. The minimum atomic E-state index is -0.907. The van der Waals surface area contributed by atoms with E-state index in [-0.39, 0.29) is 24.8 Å². The molecule has 0 N–H and O–H groups in total. The van der Waals surface area contributed by atoms with Gasteiger partial charge in [0.1, 0.15) is 6.04 Å². The number of nitrogens with zero attached hydrogens (tertiary/aromatic N) is 6. The van der Waals surface area contributed by atoms with Gasteiger partial charge in [-0.1, -0.05) is 85.4 Å². The SMILES string of the molecule is CCC(Sc1nnnn1-c1ccccc1)C(=O)N(Cc1ccccc1)C1CC(=O)N(c2ccccc2)C1=O. The number of hydrogen-bond donors (Lipinski definition) is 0. The van der Waals surface area contributed by atoms with Crippen LogP contribution in [-0.4, -0.2) is 54.1 Å². The van der Waals surface area contributed by atoms with Gasteiger partial charge in [-0.3, -0.25) is 14.4 Å². The smallest absolute Gasteiger partial charge is 0.257 e. The van der Waals surface area contributed by atoms with Gasteiger partial charge in [-0.2, -0.15) is 4.68 Å². The fourth-order valence-electron chi connectivity index (χ4n) is 4.43. The van der Waals surface area contributed by atoms with Crippen LogP contribution in [0.1, 0.15) is 25.3 Å². The molecule has 0 radical (unpaired) electrons. The summed E-state index contributed by atoms with van der Waals surface area (Å²) in [5.74, 6) is -0.977. The summed E-state index contributed by atoms with van der Waals surface area (Å²) < 4.78 is 1.59. The van der Waals surface area contributed by atoms with Gasteiger partial charge in [0.2, 0.25) is 17.0 Å². The summed E-state index contributed by atoms with van der Waals surface area (Å²) in [6.07, 6.45) is 0.406. The number of aromatic nitrogens is 4. The van der Waals surface area contributed by atoms with Crippen molar-refractivity contribution < 1.29 is 14.4 Å². The van der Waals surface area contributed by atoms with Crippen LogP contribution < -0.4 is 4.90 Å². The second kappa shape index (κ2) is 11.4. The molecule has 3 aromatic carbocycles. The maximum atomic E-state index is 14.1. The highest BCUT2D eigenvalue weighted by Crippen LogP contribution is 2.31. The van der Waals surface area contributed by atoms with E-state index in [1.54, 1.807) is 28.9 Å². The monoisotopic (exact) mass is 526 g/mol. The van der Waals surface area contributed by atoms with Crippen molar-refractivity contribution in [2.75, 3.05) is 4.90 Å². The van der Waals surface area contributed by atoms with E-state index in [1.165, 1.54) is 21.6 Å². The lowest BCUT2D eigenvalue weighted by molar-refractivity contribution is -0.138. The molecule has 2 heterocycles. The third-order valence-corrected chi connectivity index (χ3v) is 7.61. The highest BCUT2D eigenvalue weighted by molar-refractivity contribution is 8.00. The molecule has 0 spiro atoms. The lowest BCUT2D eigenvalue weighted by atomic mass is 10.1. The molecular weight excluding hydrogens is 500 g/mol. The highest BCUT2D eigenvalue weighted by Gasteiger charge is 2.45. The summed E-state index contributed by atoms with van der Waals surface area (Å²) in [6, 6.07) is 26.8.